The zero-order chi connectivity index (χ0) is 32.6. The monoisotopic (exact) mass is 633 g/mol. The number of ether oxygens (including phenoxy) is 1. The molecule has 0 bridgehead atoms. The van der Waals surface area contributed by atoms with Crippen molar-refractivity contribution in [3.63, 3.8) is 0 Å². The molecule has 1 atom stereocenters. The Labute approximate surface area is 268 Å². The van der Waals surface area contributed by atoms with Gasteiger partial charge in [-0.05, 0) is 57.9 Å². The van der Waals surface area contributed by atoms with Crippen LogP contribution in [-0.2, 0) is 19.4 Å². The largest absolute Gasteiger partial charge is 0.459 e. The summed E-state index contributed by atoms with van der Waals surface area (Å²) in [6, 6.07) is 19.6. The van der Waals surface area contributed by atoms with Crippen LogP contribution in [0.25, 0.3) is 33.4 Å². The molecule has 1 unspecified atom stereocenters. The number of nitrogens with zero attached hydrogens (tertiary/aromatic N) is 2. The summed E-state index contributed by atoms with van der Waals surface area (Å²) in [5.74, 6) is 0.491. The van der Waals surface area contributed by atoms with Gasteiger partial charge in [-0.1, -0.05) is 51.8 Å². The maximum Gasteiger partial charge on any atom is 0.308 e. The number of benzene rings is 3. The van der Waals surface area contributed by atoms with Crippen molar-refractivity contribution in [2.75, 3.05) is 43.4 Å². The summed E-state index contributed by atoms with van der Waals surface area (Å²) in [4.78, 5) is 14.9. The normalized spacial score (nSPS) is 13.2. The highest BCUT2D eigenvalue weighted by atomic mass is 32.2. The van der Waals surface area contributed by atoms with Crippen LogP contribution in [0.4, 0.5) is 5.69 Å². The number of esters is 1. The fraction of sp³-hybridized carbons (Fsp3) is 0.459. The topological polar surface area (TPSA) is 79.8 Å². The van der Waals surface area contributed by atoms with Gasteiger partial charge in [0.15, 0.2) is 16.4 Å². The summed E-state index contributed by atoms with van der Waals surface area (Å²) < 4.78 is 41.8. The molecule has 0 N–H and O–H groups in total. The number of anilines is 1. The molecule has 242 valence electrons. The standard InChI is InChI=1S/C37H49N2O5S/c1-7-12-15-24-45(41,42)35-17-14-13-16-32(35)36-30-20-18-28(38(9-3)10-4)25-33(30)44-34-26-29(19-21-31(34)36)39(11-5)22-23-43-37(40)27(6)8-2/h13-14,16-21,25-27H,7-12,15,22-24H2,1-6H3/q+1. The molecule has 7 nitrogen and oxygen atoms in total. The minimum atomic E-state index is -3.52. The van der Waals surface area contributed by atoms with E-state index in [0.717, 1.165) is 66.5 Å². The molecule has 0 spiro atoms. The van der Waals surface area contributed by atoms with Crippen molar-refractivity contribution in [1.29, 1.82) is 0 Å². The first-order valence-electron chi connectivity index (χ1n) is 16.5. The highest BCUT2D eigenvalue weighted by molar-refractivity contribution is 7.91. The Morgan fingerprint density at radius 1 is 0.933 bits per heavy atom. The summed E-state index contributed by atoms with van der Waals surface area (Å²) in [5, 5.41) is 1.81. The van der Waals surface area contributed by atoms with E-state index in [1.807, 2.05) is 44.2 Å². The molecule has 0 amide bonds. The Kier molecular flexibility index (Phi) is 11.8. The average Bonchev–Trinajstić information content (AvgIpc) is 3.05. The van der Waals surface area contributed by atoms with E-state index < -0.39 is 9.84 Å². The summed E-state index contributed by atoms with van der Waals surface area (Å²) in [6.45, 7) is 15.5. The molecule has 4 rings (SSSR count). The van der Waals surface area contributed by atoms with Crippen LogP contribution in [0.2, 0.25) is 0 Å². The SMILES string of the molecule is CCCCCS(=O)(=O)c1ccccc1-c1c2ccc(=[N+](CC)CCOC(=O)C(C)CC)cc-2oc2cc(N(CC)CC)ccc12. The quantitative estimate of drug-likeness (QED) is 0.0588. The lowest BCUT2D eigenvalue weighted by molar-refractivity contribution is -0.147. The van der Waals surface area contributed by atoms with Gasteiger partial charge >= 0.3 is 5.97 Å². The first-order valence-corrected chi connectivity index (χ1v) is 18.2. The minimum Gasteiger partial charge on any atom is -0.459 e. The van der Waals surface area contributed by atoms with E-state index in [2.05, 4.69) is 55.4 Å². The predicted octanol–water partition coefficient (Wildman–Crippen LogP) is 7.40. The van der Waals surface area contributed by atoms with Crippen molar-refractivity contribution in [3.8, 4) is 22.5 Å². The number of sulfone groups is 1. The van der Waals surface area contributed by atoms with Gasteiger partial charge in [0.05, 0.1) is 22.6 Å². The van der Waals surface area contributed by atoms with Gasteiger partial charge in [0.2, 0.25) is 5.36 Å². The highest BCUT2D eigenvalue weighted by Crippen LogP contribution is 2.43. The Hall–Kier alpha value is -3.65. The second-order valence-corrected chi connectivity index (χ2v) is 13.7. The van der Waals surface area contributed by atoms with E-state index in [1.165, 1.54) is 0 Å². The lowest BCUT2D eigenvalue weighted by Gasteiger charge is -2.23. The van der Waals surface area contributed by atoms with Crippen molar-refractivity contribution in [3.05, 3.63) is 66.0 Å². The van der Waals surface area contributed by atoms with E-state index >= 15 is 0 Å². The van der Waals surface area contributed by atoms with Gasteiger partial charge in [0.1, 0.15) is 24.5 Å². The fourth-order valence-electron chi connectivity index (χ4n) is 5.77. The summed E-state index contributed by atoms with van der Waals surface area (Å²) in [7, 11) is -3.52. The fourth-order valence-corrected chi connectivity index (χ4v) is 7.37. The molecule has 1 heterocycles. The van der Waals surface area contributed by atoms with Gasteiger partial charge in [-0.3, -0.25) is 4.79 Å². The zero-order valence-electron chi connectivity index (χ0n) is 27.8. The minimum absolute atomic E-state index is 0.119. The lowest BCUT2D eigenvalue weighted by Crippen LogP contribution is -2.33. The summed E-state index contributed by atoms with van der Waals surface area (Å²) in [6.07, 6.45) is 3.21. The van der Waals surface area contributed by atoms with Crippen LogP contribution in [0.15, 0.2) is 70.0 Å². The molecule has 45 heavy (non-hydrogen) atoms. The van der Waals surface area contributed by atoms with Crippen LogP contribution in [0.3, 0.4) is 0 Å². The number of likely N-dealkylation sites (N-methyl/N-ethyl adjacent to an activating group) is 1. The third-order valence-electron chi connectivity index (χ3n) is 8.69. The van der Waals surface area contributed by atoms with E-state index in [9.17, 15) is 13.2 Å². The average molecular weight is 634 g/mol. The maximum absolute atomic E-state index is 13.7. The van der Waals surface area contributed by atoms with Crippen molar-refractivity contribution < 1.29 is 22.4 Å². The predicted molar refractivity (Wildman–Crippen MR) is 185 cm³/mol. The molecule has 0 radical (unpaired) electrons. The molecule has 0 saturated heterocycles. The van der Waals surface area contributed by atoms with Crippen molar-refractivity contribution in [1.82, 2.24) is 4.58 Å². The molecule has 1 aliphatic carbocycles. The lowest BCUT2D eigenvalue weighted by atomic mass is 9.93. The van der Waals surface area contributed by atoms with E-state index in [1.54, 1.807) is 12.1 Å². The van der Waals surface area contributed by atoms with Crippen LogP contribution in [0.1, 0.15) is 67.2 Å². The van der Waals surface area contributed by atoms with Crippen LogP contribution >= 0.6 is 0 Å². The second-order valence-electron chi connectivity index (χ2n) is 11.6. The number of hydrogen-bond donors (Lipinski definition) is 0. The summed E-state index contributed by atoms with van der Waals surface area (Å²) >= 11 is 0. The number of rotatable bonds is 15. The highest BCUT2D eigenvalue weighted by Gasteiger charge is 2.25. The van der Waals surface area contributed by atoms with Gasteiger partial charge in [0.25, 0.3) is 0 Å². The Bertz CT molecular complexity index is 1750. The smallest absolute Gasteiger partial charge is 0.308 e. The van der Waals surface area contributed by atoms with Gasteiger partial charge < -0.3 is 14.1 Å². The van der Waals surface area contributed by atoms with Crippen molar-refractivity contribution >= 4 is 32.5 Å². The molecule has 0 saturated carbocycles. The van der Waals surface area contributed by atoms with Crippen molar-refractivity contribution in [2.24, 2.45) is 5.92 Å². The number of hydrogen-bond acceptors (Lipinski definition) is 6. The Morgan fingerprint density at radius 3 is 2.38 bits per heavy atom. The number of carbonyl (C=O) groups is 1. The Morgan fingerprint density at radius 2 is 1.69 bits per heavy atom. The molecule has 0 aromatic heterocycles. The van der Waals surface area contributed by atoms with Crippen molar-refractivity contribution in [2.45, 2.75) is 72.1 Å². The zero-order valence-corrected chi connectivity index (χ0v) is 28.6. The molecule has 1 aliphatic heterocycles. The first kappa shape index (κ1) is 34.2. The molecule has 2 aromatic carbocycles. The maximum atomic E-state index is 13.7. The molecular formula is C37H49N2O5S+. The third kappa shape index (κ3) is 7.78. The summed E-state index contributed by atoms with van der Waals surface area (Å²) in [5.41, 5.74) is 4.13. The van der Waals surface area contributed by atoms with E-state index in [4.69, 9.17) is 9.15 Å². The third-order valence-corrected chi connectivity index (χ3v) is 10.5. The van der Waals surface area contributed by atoms with Crippen LogP contribution < -0.4 is 14.8 Å². The van der Waals surface area contributed by atoms with E-state index in [-0.39, 0.29) is 17.6 Å². The first-order chi connectivity index (χ1) is 21.7. The second kappa shape index (κ2) is 15.6. The van der Waals surface area contributed by atoms with Gasteiger partial charge in [-0.25, -0.2) is 13.0 Å². The van der Waals surface area contributed by atoms with Crippen LogP contribution in [-0.4, -0.2) is 52.9 Å². The van der Waals surface area contributed by atoms with Gasteiger partial charge in [0, 0.05) is 53.0 Å². The van der Waals surface area contributed by atoms with Gasteiger partial charge in [-0.2, -0.15) is 0 Å². The van der Waals surface area contributed by atoms with Gasteiger partial charge in [-0.15, -0.1) is 0 Å². The number of carbonyl (C=O) groups excluding carboxylic acids is 1. The molecule has 8 heteroatoms. The molecule has 2 aliphatic rings. The number of unbranched alkanes of at least 4 members (excludes halogenated alkanes) is 2. The van der Waals surface area contributed by atoms with Crippen LogP contribution in [0, 0.1) is 5.92 Å². The van der Waals surface area contributed by atoms with E-state index in [0.29, 0.717) is 41.4 Å². The number of fused-ring (bicyclic) bond motifs is 2. The molecule has 2 aromatic rings. The van der Waals surface area contributed by atoms with Crippen LogP contribution in [0.5, 0.6) is 0 Å². The molecule has 0 fully saturated rings. The molecular weight excluding hydrogens is 584 g/mol. The Balaban J connectivity index is 1.94.